The molecule has 0 aromatic heterocycles. The van der Waals surface area contributed by atoms with Crippen molar-refractivity contribution in [1.82, 2.24) is 0 Å². The van der Waals surface area contributed by atoms with Crippen molar-refractivity contribution < 1.29 is 9.84 Å². The highest BCUT2D eigenvalue weighted by molar-refractivity contribution is 9.10. The Morgan fingerprint density at radius 1 is 1.16 bits per heavy atom. The summed E-state index contributed by atoms with van der Waals surface area (Å²) in [5.41, 5.74) is 0.965. The first-order valence-corrected chi connectivity index (χ1v) is 8.08. The topological polar surface area (TPSA) is 29.5 Å². The number of benzene rings is 1. The van der Waals surface area contributed by atoms with E-state index in [-0.39, 0.29) is 6.10 Å². The Labute approximate surface area is 125 Å². The van der Waals surface area contributed by atoms with Gasteiger partial charge in [-0.05, 0) is 46.5 Å². The van der Waals surface area contributed by atoms with E-state index in [1.54, 1.807) is 0 Å². The molecule has 0 amide bonds. The van der Waals surface area contributed by atoms with E-state index in [0.717, 1.165) is 41.7 Å². The molecule has 0 spiro atoms. The fourth-order valence-electron chi connectivity index (χ4n) is 1.98. The Morgan fingerprint density at radius 2 is 1.95 bits per heavy atom. The van der Waals surface area contributed by atoms with Crippen LogP contribution < -0.4 is 4.74 Å². The Morgan fingerprint density at radius 3 is 2.58 bits per heavy atom. The van der Waals surface area contributed by atoms with Gasteiger partial charge in [0.2, 0.25) is 0 Å². The average molecular weight is 329 g/mol. The first-order valence-electron chi connectivity index (χ1n) is 7.29. The molecule has 0 radical (unpaired) electrons. The van der Waals surface area contributed by atoms with Gasteiger partial charge in [-0.1, -0.05) is 45.6 Å². The maximum Gasteiger partial charge on any atom is 0.133 e. The van der Waals surface area contributed by atoms with E-state index in [1.807, 2.05) is 18.2 Å². The Balaban J connectivity index is 2.51. The van der Waals surface area contributed by atoms with Gasteiger partial charge in [-0.2, -0.15) is 0 Å². The molecule has 108 valence electrons. The molecule has 1 atom stereocenters. The number of aliphatic hydroxyl groups excluding tert-OH is 1. The van der Waals surface area contributed by atoms with Crippen LogP contribution in [-0.2, 0) is 0 Å². The van der Waals surface area contributed by atoms with Crippen molar-refractivity contribution in [1.29, 1.82) is 0 Å². The lowest BCUT2D eigenvalue weighted by molar-refractivity contribution is 0.163. The van der Waals surface area contributed by atoms with E-state index in [9.17, 15) is 5.11 Å². The van der Waals surface area contributed by atoms with E-state index in [1.165, 1.54) is 19.3 Å². The first kappa shape index (κ1) is 16.5. The quantitative estimate of drug-likeness (QED) is 0.628. The van der Waals surface area contributed by atoms with E-state index >= 15 is 0 Å². The molecule has 2 nitrogen and oxygen atoms in total. The van der Waals surface area contributed by atoms with E-state index in [2.05, 4.69) is 29.8 Å². The standard InChI is InChI=1S/C16H25BrO2/c1-3-5-6-7-8-15(18)13-9-10-16(14(17)12-13)19-11-4-2/h9-10,12,15,18H,3-8,11H2,1-2H3. The minimum Gasteiger partial charge on any atom is -0.492 e. The lowest BCUT2D eigenvalue weighted by atomic mass is 10.0. The second kappa shape index (κ2) is 9.38. The molecule has 1 rings (SSSR count). The maximum absolute atomic E-state index is 10.1. The minimum absolute atomic E-state index is 0.367. The van der Waals surface area contributed by atoms with Gasteiger partial charge in [0.1, 0.15) is 5.75 Å². The smallest absolute Gasteiger partial charge is 0.133 e. The van der Waals surface area contributed by atoms with Crippen LogP contribution in [0.3, 0.4) is 0 Å². The van der Waals surface area contributed by atoms with Gasteiger partial charge in [-0.15, -0.1) is 0 Å². The van der Waals surface area contributed by atoms with Crippen LogP contribution in [0.4, 0.5) is 0 Å². The van der Waals surface area contributed by atoms with Gasteiger partial charge in [0.15, 0.2) is 0 Å². The summed E-state index contributed by atoms with van der Waals surface area (Å²) in [6.07, 6.45) is 6.22. The fraction of sp³-hybridized carbons (Fsp3) is 0.625. The van der Waals surface area contributed by atoms with Crippen LogP contribution in [0.15, 0.2) is 22.7 Å². The van der Waals surface area contributed by atoms with Gasteiger partial charge in [-0.3, -0.25) is 0 Å². The highest BCUT2D eigenvalue weighted by Gasteiger charge is 2.10. The zero-order chi connectivity index (χ0) is 14.1. The van der Waals surface area contributed by atoms with Crippen molar-refractivity contribution in [2.75, 3.05) is 6.61 Å². The monoisotopic (exact) mass is 328 g/mol. The number of halogens is 1. The number of hydrogen-bond acceptors (Lipinski definition) is 2. The molecule has 0 aliphatic carbocycles. The van der Waals surface area contributed by atoms with Gasteiger partial charge in [0.25, 0.3) is 0 Å². The molecule has 1 unspecified atom stereocenters. The normalized spacial score (nSPS) is 12.4. The van der Waals surface area contributed by atoms with Crippen molar-refractivity contribution in [2.24, 2.45) is 0 Å². The number of ether oxygens (including phenoxy) is 1. The molecule has 3 heteroatoms. The molecule has 1 N–H and O–H groups in total. The Kier molecular flexibility index (Phi) is 8.15. The first-order chi connectivity index (χ1) is 9.19. The third-order valence-electron chi connectivity index (χ3n) is 3.13. The van der Waals surface area contributed by atoms with Crippen LogP contribution in [0.1, 0.15) is 64.0 Å². The second-order valence-corrected chi connectivity index (χ2v) is 5.76. The van der Waals surface area contributed by atoms with Crippen molar-refractivity contribution in [3.63, 3.8) is 0 Å². The van der Waals surface area contributed by atoms with Crippen LogP contribution in [0.2, 0.25) is 0 Å². The summed E-state index contributed by atoms with van der Waals surface area (Å²) in [7, 11) is 0. The zero-order valence-electron chi connectivity index (χ0n) is 12.0. The molecule has 0 fully saturated rings. The Bertz CT molecular complexity index is 366. The molecule has 19 heavy (non-hydrogen) atoms. The lowest BCUT2D eigenvalue weighted by Crippen LogP contribution is -2.00. The van der Waals surface area contributed by atoms with Gasteiger partial charge in [-0.25, -0.2) is 0 Å². The van der Waals surface area contributed by atoms with E-state index in [4.69, 9.17) is 4.74 Å². The summed E-state index contributed by atoms with van der Waals surface area (Å²) in [6.45, 7) is 5.00. The summed E-state index contributed by atoms with van der Waals surface area (Å²) in [5, 5.41) is 10.1. The second-order valence-electron chi connectivity index (χ2n) is 4.90. The highest BCUT2D eigenvalue weighted by atomic mass is 79.9. The lowest BCUT2D eigenvalue weighted by Gasteiger charge is -2.13. The van der Waals surface area contributed by atoms with Crippen LogP contribution in [0.25, 0.3) is 0 Å². The summed E-state index contributed by atoms with van der Waals surface area (Å²) in [4.78, 5) is 0. The zero-order valence-corrected chi connectivity index (χ0v) is 13.6. The third-order valence-corrected chi connectivity index (χ3v) is 3.75. The largest absolute Gasteiger partial charge is 0.492 e. The molecule has 1 aromatic carbocycles. The van der Waals surface area contributed by atoms with Gasteiger partial charge in [0.05, 0.1) is 17.2 Å². The van der Waals surface area contributed by atoms with Crippen LogP contribution in [0.5, 0.6) is 5.75 Å². The van der Waals surface area contributed by atoms with Crippen molar-refractivity contribution in [3.8, 4) is 5.75 Å². The molecule has 0 aliphatic rings. The van der Waals surface area contributed by atoms with Crippen LogP contribution in [0, 0.1) is 0 Å². The molecule has 0 aliphatic heterocycles. The van der Waals surface area contributed by atoms with Crippen LogP contribution >= 0.6 is 15.9 Å². The molecule has 0 saturated carbocycles. The maximum atomic E-state index is 10.1. The molecular formula is C16H25BrO2. The minimum atomic E-state index is -0.367. The average Bonchev–Trinajstić information content (AvgIpc) is 2.42. The van der Waals surface area contributed by atoms with Gasteiger partial charge >= 0.3 is 0 Å². The van der Waals surface area contributed by atoms with E-state index in [0.29, 0.717) is 0 Å². The Hall–Kier alpha value is -0.540. The van der Waals surface area contributed by atoms with Crippen LogP contribution in [-0.4, -0.2) is 11.7 Å². The predicted octanol–water partition coefficient (Wildman–Crippen LogP) is 5.24. The number of unbranched alkanes of at least 4 members (excludes halogenated alkanes) is 3. The molecule has 0 bridgehead atoms. The fourth-order valence-corrected chi connectivity index (χ4v) is 2.50. The predicted molar refractivity (Wildman–Crippen MR) is 83.6 cm³/mol. The van der Waals surface area contributed by atoms with Crippen molar-refractivity contribution >= 4 is 15.9 Å². The summed E-state index contributed by atoms with van der Waals surface area (Å²) < 4.78 is 6.53. The summed E-state index contributed by atoms with van der Waals surface area (Å²) in [6, 6.07) is 5.86. The van der Waals surface area contributed by atoms with Gasteiger partial charge < -0.3 is 9.84 Å². The van der Waals surface area contributed by atoms with E-state index < -0.39 is 0 Å². The molecule has 1 aromatic rings. The molecule has 0 saturated heterocycles. The number of rotatable bonds is 9. The number of hydrogen-bond donors (Lipinski definition) is 1. The third kappa shape index (κ3) is 5.96. The highest BCUT2D eigenvalue weighted by Crippen LogP contribution is 2.30. The van der Waals surface area contributed by atoms with Gasteiger partial charge in [0, 0.05) is 0 Å². The summed E-state index contributed by atoms with van der Waals surface area (Å²) >= 11 is 3.50. The van der Waals surface area contributed by atoms with Crippen molar-refractivity contribution in [3.05, 3.63) is 28.2 Å². The number of aliphatic hydroxyl groups is 1. The van der Waals surface area contributed by atoms with Crippen molar-refractivity contribution in [2.45, 2.75) is 58.5 Å². The summed E-state index contributed by atoms with van der Waals surface area (Å²) in [5.74, 6) is 0.851. The molecule has 0 heterocycles. The SMILES string of the molecule is CCCCCCC(O)c1ccc(OCCC)c(Br)c1. The molecular weight excluding hydrogens is 304 g/mol.